The lowest BCUT2D eigenvalue weighted by molar-refractivity contribution is -0.136. The van der Waals surface area contributed by atoms with Gasteiger partial charge in [0.05, 0.1) is 0 Å². The highest BCUT2D eigenvalue weighted by Crippen LogP contribution is 2.49. The summed E-state index contributed by atoms with van der Waals surface area (Å²) in [4.78, 5) is 29.0. The van der Waals surface area contributed by atoms with E-state index in [9.17, 15) is 9.59 Å². The van der Waals surface area contributed by atoms with Crippen LogP contribution in [0.3, 0.4) is 0 Å². The predicted octanol–water partition coefficient (Wildman–Crippen LogP) is 4.26. The molecule has 1 N–H and O–H groups in total. The second kappa shape index (κ2) is 8.26. The number of nitrogens with zero attached hydrogens (tertiary/aromatic N) is 2. The fraction of sp³-hybridized carbons (Fsp3) is 0.643. The Morgan fingerprint density at radius 2 is 1.91 bits per heavy atom. The number of hydrogen-bond donors (Lipinski definition) is 1. The normalized spacial score (nSPS) is 31.6. The largest absolute Gasteiger partial charge is 0.355 e. The van der Waals surface area contributed by atoms with E-state index < -0.39 is 0 Å². The topological polar surface area (TPSA) is 52.6 Å². The van der Waals surface area contributed by atoms with Crippen molar-refractivity contribution in [2.75, 3.05) is 13.1 Å². The Labute approximate surface area is 197 Å². The summed E-state index contributed by atoms with van der Waals surface area (Å²) in [5.41, 5.74) is 5.46. The molecule has 6 rings (SSSR count). The number of amides is 2. The Kier molecular flexibility index (Phi) is 5.36. The van der Waals surface area contributed by atoms with E-state index in [4.69, 9.17) is 0 Å². The van der Waals surface area contributed by atoms with Crippen LogP contribution in [0, 0.1) is 11.3 Å². The third-order valence-corrected chi connectivity index (χ3v) is 9.45. The molecule has 5 heteroatoms. The molecule has 3 heterocycles. The van der Waals surface area contributed by atoms with E-state index in [-0.39, 0.29) is 17.9 Å². The maximum atomic E-state index is 12.4. The molecule has 2 saturated carbocycles. The SMILES string of the molecule is C=C1c2ccc(CC3CCCC3N3CCCC4(CCC4)C3)cc2CN1C1CCC(=O)NC1=O. The summed E-state index contributed by atoms with van der Waals surface area (Å²) < 4.78 is 0. The highest BCUT2D eigenvalue weighted by atomic mass is 16.2. The quantitative estimate of drug-likeness (QED) is 0.701. The van der Waals surface area contributed by atoms with Crippen LogP contribution >= 0.6 is 0 Å². The van der Waals surface area contributed by atoms with Crippen molar-refractivity contribution in [3.8, 4) is 0 Å². The van der Waals surface area contributed by atoms with Gasteiger partial charge in [0.2, 0.25) is 11.8 Å². The fourth-order valence-electron chi connectivity index (χ4n) is 7.55. The number of imide groups is 1. The number of carbonyl (C=O) groups excluding carboxylic acids is 2. The number of piperidine rings is 2. The van der Waals surface area contributed by atoms with E-state index in [2.05, 4.69) is 39.9 Å². The van der Waals surface area contributed by atoms with Crippen LogP contribution in [-0.2, 0) is 22.6 Å². The molecule has 176 valence electrons. The lowest BCUT2D eigenvalue weighted by Gasteiger charge is -2.51. The highest BCUT2D eigenvalue weighted by molar-refractivity contribution is 6.01. The van der Waals surface area contributed by atoms with Crippen LogP contribution in [0.2, 0.25) is 0 Å². The summed E-state index contributed by atoms with van der Waals surface area (Å²) in [5.74, 6) is 0.415. The van der Waals surface area contributed by atoms with E-state index >= 15 is 0 Å². The first-order valence-corrected chi connectivity index (χ1v) is 13.2. The monoisotopic (exact) mass is 447 g/mol. The number of rotatable bonds is 4. The molecule has 2 aliphatic carbocycles. The van der Waals surface area contributed by atoms with Gasteiger partial charge in [0.25, 0.3) is 0 Å². The number of likely N-dealkylation sites (tertiary alicyclic amines) is 1. The first-order valence-electron chi connectivity index (χ1n) is 13.2. The highest BCUT2D eigenvalue weighted by Gasteiger charge is 2.44. The van der Waals surface area contributed by atoms with Crippen molar-refractivity contribution >= 4 is 17.5 Å². The molecule has 3 aliphatic heterocycles. The van der Waals surface area contributed by atoms with Gasteiger partial charge in [-0.15, -0.1) is 0 Å². The third-order valence-electron chi connectivity index (χ3n) is 9.45. The molecule has 3 atom stereocenters. The van der Waals surface area contributed by atoms with E-state index in [0.29, 0.717) is 18.3 Å². The van der Waals surface area contributed by atoms with Crippen molar-refractivity contribution in [3.05, 3.63) is 41.5 Å². The van der Waals surface area contributed by atoms with E-state index in [0.717, 1.165) is 36.2 Å². The zero-order valence-electron chi connectivity index (χ0n) is 19.8. The average molecular weight is 448 g/mol. The summed E-state index contributed by atoms with van der Waals surface area (Å²) in [7, 11) is 0. The third kappa shape index (κ3) is 3.82. The lowest BCUT2D eigenvalue weighted by atomic mass is 9.64. The minimum atomic E-state index is -0.289. The van der Waals surface area contributed by atoms with Gasteiger partial charge in [0.15, 0.2) is 0 Å². The van der Waals surface area contributed by atoms with Gasteiger partial charge in [-0.1, -0.05) is 37.6 Å². The van der Waals surface area contributed by atoms with Crippen LogP contribution in [0.4, 0.5) is 0 Å². The molecule has 1 aromatic rings. The number of carbonyl (C=O) groups is 2. The lowest BCUT2D eigenvalue weighted by Crippen LogP contribution is -2.51. The van der Waals surface area contributed by atoms with E-state index in [1.54, 1.807) is 0 Å². The van der Waals surface area contributed by atoms with E-state index in [1.165, 1.54) is 75.6 Å². The predicted molar refractivity (Wildman–Crippen MR) is 129 cm³/mol. The van der Waals surface area contributed by atoms with Gasteiger partial charge >= 0.3 is 0 Å². The van der Waals surface area contributed by atoms with Crippen molar-refractivity contribution in [2.45, 2.75) is 89.3 Å². The Morgan fingerprint density at radius 3 is 2.70 bits per heavy atom. The van der Waals surface area contributed by atoms with Gasteiger partial charge in [-0.05, 0) is 80.4 Å². The molecule has 3 unspecified atom stereocenters. The second-order valence-electron chi connectivity index (χ2n) is 11.4. The van der Waals surface area contributed by atoms with E-state index in [1.807, 2.05) is 0 Å². The number of nitrogens with one attached hydrogen (secondary N) is 1. The Bertz CT molecular complexity index is 981. The molecule has 0 bridgehead atoms. The summed E-state index contributed by atoms with van der Waals surface area (Å²) in [6.45, 7) is 7.66. The van der Waals surface area contributed by atoms with Crippen molar-refractivity contribution in [3.63, 3.8) is 0 Å². The molecule has 5 nitrogen and oxygen atoms in total. The smallest absolute Gasteiger partial charge is 0.249 e. The van der Waals surface area contributed by atoms with Crippen LogP contribution in [0.25, 0.3) is 5.70 Å². The molecule has 4 fully saturated rings. The molecule has 1 spiro atoms. The molecule has 0 radical (unpaired) electrons. The number of benzene rings is 1. The molecule has 5 aliphatic rings. The molecule has 0 aromatic heterocycles. The minimum absolute atomic E-state index is 0.163. The molecule has 2 amide bonds. The summed E-state index contributed by atoms with van der Waals surface area (Å²) in [5, 5.41) is 2.50. The minimum Gasteiger partial charge on any atom is -0.355 e. The standard InChI is InChI=1S/C28H37N3O2/c1-19-23-8-7-20(16-22(23)17-31(19)25-9-10-26(32)29-27(25)33)15-21-5-2-6-24(21)30-14-4-13-28(18-30)11-3-12-28/h7-8,16,21,24-25H,1-6,9-15,17-18H2,(H,29,32,33). The van der Waals surface area contributed by atoms with Gasteiger partial charge < -0.3 is 4.90 Å². The van der Waals surface area contributed by atoms with Gasteiger partial charge in [-0.25, -0.2) is 0 Å². The van der Waals surface area contributed by atoms with Crippen LogP contribution in [0.1, 0.15) is 80.9 Å². The van der Waals surface area contributed by atoms with Crippen molar-refractivity contribution in [1.29, 1.82) is 0 Å². The Morgan fingerprint density at radius 1 is 1.06 bits per heavy atom. The number of fused-ring (bicyclic) bond motifs is 1. The van der Waals surface area contributed by atoms with Crippen LogP contribution in [0.5, 0.6) is 0 Å². The second-order valence-corrected chi connectivity index (χ2v) is 11.4. The van der Waals surface area contributed by atoms with Gasteiger partial charge in [0.1, 0.15) is 6.04 Å². The molecule has 2 saturated heterocycles. The Balaban J connectivity index is 1.14. The van der Waals surface area contributed by atoms with Crippen LogP contribution < -0.4 is 5.32 Å². The number of hydrogen-bond acceptors (Lipinski definition) is 4. The van der Waals surface area contributed by atoms with Crippen LogP contribution in [-0.4, -0.2) is 46.8 Å². The summed E-state index contributed by atoms with van der Waals surface area (Å²) >= 11 is 0. The fourth-order valence-corrected chi connectivity index (χ4v) is 7.55. The van der Waals surface area contributed by atoms with Crippen molar-refractivity contribution in [2.24, 2.45) is 11.3 Å². The first-order chi connectivity index (χ1) is 16.0. The molecular formula is C28H37N3O2. The summed E-state index contributed by atoms with van der Waals surface area (Å²) in [6.07, 6.45) is 13.4. The maximum Gasteiger partial charge on any atom is 0.249 e. The average Bonchev–Trinajstić information content (AvgIpc) is 3.37. The van der Waals surface area contributed by atoms with Crippen LogP contribution in [0.15, 0.2) is 24.8 Å². The first kappa shape index (κ1) is 21.4. The zero-order valence-corrected chi connectivity index (χ0v) is 19.8. The van der Waals surface area contributed by atoms with Crippen molar-refractivity contribution in [1.82, 2.24) is 15.1 Å². The summed E-state index contributed by atoms with van der Waals surface area (Å²) in [6, 6.07) is 7.34. The van der Waals surface area contributed by atoms with Crippen molar-refractivity contribution < 1.29 is 9.59 Å². The van der Waals surface area contributed by atoms with Gasteiger partial charge in [-0.3, -0.25) is 19.8 Å². The van der Waals surface area contributed by atoms with Gasteiger partial charge in [-0.2, -0.15) is 0 Å². The molecular weight excluding hydrogens is 410 g/mol. The maximum absolute atomic E-state index is 12.4. The molecule has 1 aromatic carbocycles. The Hall–Kier alpha value is -2.14. The van der Waals surface area contributed by atoms with Gasteiger partial charge in [0, 0.05) is 36.8 Å². The molecule has 33 heavy (non-hydrogen) atoms. The zero-order chi connectivity index (χ0) is 22.6.